The molecule has 1 aliphatic heterocycles. The summed E-state index contributed by atoms with van der Waals surface area (Å²) in [7, 11) is 0. The van der Waals surface area contributed by atoms with Crippen LogP contribution in [0.2, 0.25) is 0 Å². The first kappa shape index (κ1) is 23.3. The Balaban J connectivity index is 1.25. The molecule has 0 bridgehead atoms. The Kier molecular flexibility index (Phi) is 6.79. The van der Waals surface area contributed by atoms with E-state index in [0.29, 0.717) is 18.4 Å². The van der Waals surface area contributed by atoms with Crippen LogP contribution in [-0.2, 0) is 12.8 Å². The molecule has 6 rings (SSSR count). The molecule has 3 aromatic heterocycles. The predicted octanol–water partition coefficient (Wildman–Crippen LogP) is 4.98. The zero-order chi connectivity index (χ0) is 24.3. The highest BCUT2D eigenvalue weighted by atomic mass is 32.1. The number of nitrogens with one attached hydrogen (secondary N) is 1. The van der Waals surface area contributed by atoms with Gasteiger partial charge < -0.3 is 15.3 Å². The van der Waals surface area contributed by atoms with Crippen LogP contribution in [0.5, 0.6) is 0 Å². The van der Waals surface area contributed by atoms with Crippen molar-refractivity contribution >= 4 is 33.5 Å². The first-order chi connectivity index (χ1) is 17.7. The number of anilines is 2. The lowest BCUT2D eigenvalue weighted by Crippen LogP contribution is -2.29. The van der Waals surface area contributed by atoms with Gasteiger partial charge in [0, 0.05) is 32.0 Å². The van der Waals surface area contributed by atoms with Crippen LogP contribution in [0.4, 0.5) is 11.8 Å². The third kappa shape index (κ3) is 5.50. The average Bonchev–Trinajstić information content (AvgIpc) is 3.55. The lowest BCUT2D eigenvalue weighted by Gasteiger charge is -2.26. The van der Waals surface area contributed by atoms with Crippen LogP contribution in [0, 0.1) is 0 Å². The first-order valence-electron chi connectivity index (χ1n) is 13.0. The van der Waals surface area contributed by atoms with Crippen LogP contribution in [0.15, 0.2) is 48.5 Å². The normalized spacial score (nSPS) is 20.2. The number of nitrogens with zero attached hydrogens (tertiary/aromatic N) is 5. The third-order valence-electron chi connectivity index (χ3n) is 7.14. The Hall–Kier alpha value is -3.10. The fourth-order valence-corrected chi connectivity index (χ4v) is 6.16. The minimum Gasteiger partial charge on any atom is -0.393 e. The van der Waals surface area contributed by atoms with E-state index in [4.69, 9.17) is 19.9 Å². The number of hydrogen-bond acceptors (Lipinski definition) is 8. The zero-order valence-corrected chi connectivity index (χ0v) is 21.3. The molecule has 0 spiro atoms. The minimum atomic E-state index is -0.178. The van der Waals surface area contributed by atoms with Crippen molar-refractivity contribution in [3.63, 3.8) is 0 Å². The van der Waals surface area contributed by atoms with E-state index in [0.717, 1.165) is 77.8 Å². The van der Waals surface area contributed by atoms with Crippen molar-refractivity contribution in [2.45, 2.75) is 63.5 Å². The molecule has 1 aromatic carbocycles. The summed E-state index contributed by atoms with van der Waals surface area (Å²) in [6.07, 6.45) is 7.24. The van der Waals surface area contributed by atoms with Gasteiger partial charge in [-0.2, -0.15) is 0 Å². The van der Waals surface area contributed by atoms with Gasteiger partial charge in [0.2, 0.25) is 5.95 Å². The molecular formula is C28H32N6OS. The summed E-state index contributed by atoms with van der Waals surface area (Å²) in [5.74, 6) is 1.74. The molecule has 186 valence electrons. The summed E-state index contributed by atoms with van der Waals surface area (Å²) in [5, 5.41) is 14.4. The van der Waals surface area contributed by atoms with E-state index >= 15 is 0 Å². The first-order valence-corrected chi connectivity index (χ1v) is 13.9. The van der Waals surface area contributed by atoms with E-state index in [-0.39, 0.29) is 6.10 Å². The van der Waals surface area contributed by atoms with E-state index in [1.165, 1.54) is 18.4 Å². The Morgan fingerprint density at radius 1 is 0.861 bits per heavy atom. The van der Waals surface area contributed by atoms with E-state index in [1.807, 2.05) is 6.07 Å². The van der Waals surface area contributed by atoms with Gasteiger partial charge in [-0.05, 0) is 62.3 Å². The highest BCUT2D eigenvalue weighted by Gasteiger charge is 2.21. The molecule has 2 N–H and O–H groups in total. The summed E-state index contributed by atoms with van der Waals surface area (Å²) in [4.78, 5) is 22.9. The topological polar surface area (TPSA) is 87.1 Å². The summed E-state index contributed by atoms with van der Waals surface area (Å²) in [6, 6.07) is 17.0. The Morgan fingerprint density at radius 3 is 2.39 bits per heavy atom. The van der Waals surface area contributed by atoms with Gasteiger partial charge in [0.15, 0.2) is 0 Å². The van der Waals surface area contributed by atoms with Crippen molar-refractivity contribution in [3.8, 4) is 0 Å². The molecule has 0 unspecified atom stereocenters. The predicted molar refractivity (Wildman–Crippen MR) is 145 cm³/mol. The Bertz CT molecular complexity index is 1310. The Morgan fingerprint density at radius 2 is 1.61 bits per heavy atom. The summed E-state index contributed by atoms with van der Waals surface area (Å²) < 4.78 is 0. The van der Waals surface area contributed by atoms with Gasteiger partial charge >= 0.3 is 0 Å². The number of fused-ring (bicyclic) bond motifs is 1. The molecule has 1 aliphatic carbocycles. The van der Waals surface area contributed by atoms with Gasteiger partial charge in [0.05, 0.1) is 17.5 Å². The minimum absolute atomic E-state index is 0.178. The number of hydrogen-bond donors (Lipinski definition) is 2. The molecular weight excluding hydrogens is 468 g/mol. The van der Waals surface area contributed by atoms with Gasteiger partial charge in [-0.15, -0.1) is 0 Å². The zero-order valence-electron chi connectivity index (χ0n) is 20.4. The van der Waals surface area contributed by atoms with Crippen molar-refractivity contribution in [2.75, 3.05) is 23.3 Å². The number of thiazole rings is 1. The van der Waals surface area contributed by atoms with Crippen molar-refractivity contribution in [3.05, 3.63) is 70.5 Å². The summed E-state index contributed by atoms with van der Waals surface area (Å²) in [6.45, 7) is 2.18. The second-order valence-corrected chi connectivity index (χ2v) is 11.0. The summed E-state index contributed by atoms with van der Waals surface area (Å²) in [5.41, 5.74) is 4.15. The van der Waals surface area contributed by atoms with Crippen LogP contribution in [0.3, 0.4) is 0 Å². The van der Waals surface area contributed by atoms with Crippen LogP contribution < -0.4 is 10.2 Å². The van der Waals surface area contributed by atoms with Crippen molar-refractivity contribution < 1.29 is 5.11 Å². The third-order valence-corrected chi connectivity index (χ3v) is 8.10. The molecule has 0 radical (unpaired) electrons. The molecule has 2 aliphatic rings. The molecule has 1 saturated carbocycles. The number of aliphatic hydroxyl groups is 1. The number of aromatic nitrogens is 4. The molecule has 7 nitrogen and oxygen atoms in total. The molecule has 2 fully saturated rings. The second kappa shape index (κ2) is 10.5. The van der Waals surface area contributed by atoms with Crippen LogP contribution in [0.25, 0.3) is 10.3 Å². The van der Waals surface area contributed by atoms with Gasteiger partial charge in [0.1, 0.15) is 21.2 Å². The van der Waals surface area contributed by atoms with E-state index in [9.17, 15) is 5.11 Å². The smallest absolute Gasteiger partial charge is 0.223 e. The maximum atomic E-state index is 9.88. The molecule has 36 heavy (non-hydrogen) atoms. The monoisotopic (exact) mass is 500 g/mol. The van der Waals surface area contributed by atoms with Gasteiger partial charge in [-0.1, -0.05) is 41.7 Å². The highest BCUT2D eigenvalue weighted by molar-refractivity contribution is 7.18. The maximum Gasteiger partial charge on any atom is 0.223 e. The molecule has 0 amide bonds. The van der Waals surface area contributed by atoms with Crippen molar-refractivity contribution in [1.29, 1.82) is 0 Å². The molecule has 8 heteroatoms. The molecule has 1 saturated heterocycles. The van der Waals surface area contributed by atoms with Crippen LogP contribution >= 0.6 is 11.3 Å². The summed E-state index contributed by atoms with van der Waals surface area (Å²) >= 11 is 1.66. The second-order valence-electron chi connectivity index (χ2n) is 9.96. The van der Waals surface area contributed by atoms with Gasteiger partial charge in [-0.25, -0.2) is 19.9 Å². The fraction of sp³-hybridized carbons (Fsp3) is 0.429. The number of aliphatic hydroxyl groups excluding tert-OH is 1. The van der Waals surface area contributed by atoms with E-state index in [2.05, 4.69) is 52.7 Å². The van der Waals surface area contributed by atoms with Crippen molar-refractivity contribution in [1.82, 2.24) is 19.9 Å². The maximum absolute atomic E-state index is 9.88. The number of pyridine rings is 1. The lowest BCUT2D eigenvalue weighted by atomic mass is 9.93. The van der Waals surface area contributed by atoms with Gasteiger partial charge in [-0.3, -0.25) is 0 Å². The largest absolute Gasteiger partial charge is 0.393 e. The molecule has 4 aromatic rings. The Labute approximate surface area is 215 Å². The van der Waals surface area contributed by atoms with Gasteiger partial charge in [0.25, 0.3) is 0 Å². The van der Waals surface area contributed by atoms with Crippen molar-refractivity contribution in [2.24, 2.45) is 0 Å². The molecule has 0 atom stereocenters. The number of rotatable bonds is 7. The molecule has 4 heterocycles. The van der Waals surface area contributed by atoms with Crippen LogP contribution in [0.1, 0.15) is 60.5 Å². The van der Waals surface area contributed by atoms with E-state index in [1.54, 1.807) is 11.3 Å². The van der Waals surface area contributed by atoms with E-state index < -0.39 is 0 Å². The highest BCUT2D eigenvalue weighted by Crippen LogP contribution is 2.27. The average molecular weight is 501 g/mol. The SMILES string of the molecule is OC1CCC(Nc2nc(Cc3ccccc3)cc(Cc3nc4ccc(N5CCCC5)nc4s3)n2)CC1. The lowest BCUT2D eigenvalue weighted by molar-refractivity contribution is 0.126. The number of benzene rings is 1. The standard InChI is InChI=1S/C28H32N6OS/c35-23-10-8-20(9-11-23)29-28-30-21(16-19-6-2-1-3-7-19)17-22(31-28)18-26-32-24-12-13-25(33-27(24)36-26)34-14-4-5-15-34/h1-3,6-7,12-13,17,20,23,35H,4-5,8-11,14-16,18H2,(H,29,30,31). The van der Waals surface area contributed by atoms with Crippen LogP contribution in [-0.4, -0.2) is 50.3 Å². The quantitative estimate of drug-likeness (QED) is 0.370. The fourth-order valence-electron chi connectivity index (χ4n) is 5.21.